The highest BCUT2D eigenvalue weighted by molar-refractivity contribution is 9.10. The van der Waals surface area contributed by atoms with Gasteiger partial charge in [0.2, 0.25) is 0 Å². The maximum atomic E-state index is 13.0. The van der Waals surface area contributed by atoms with Crippen molar-refractivity contribution in [2.75, 3.05) is 17.6 Å². The molecule has 0 amide bonds. The molecule has 0 fully saturated rings. The van der Waals surface area contributed by atoms with Crippen molar-refractivity contribution in [2.24, 2.45) is 0 Å². The largest absolute Gasteiger partial charge is 0.398 e. The van der Waals surface area contributed by atoms with E-state index in [-0.39, 0.29) is 5.82 Å². The summed E-state index contributed by atoms with van der Waals surface area (Å²) in [6.07, 6.45) is 0.771. The molecule has 0 spiro atoms. The molecule has 0 aliphatic heterocycles. The van der Waals surface area contributed by atoms with Gasteiger partial charge < -0.3 is 11.1 Å². The smallest absolute Gasteiger partial charge is 0.123 e. The van der Waals surface area contributed by atoms with Crippen LogP contribution in [0.1, 0.15) is 11.1 Å². The number of benzene rings is 2. The molecule has 4 heteroatoms. The molecule has 0 aliphatic rings. The zero-order valence-electron chi connectivity index (χ0n) is 10.7. The van der Waals surface area contributed by atoms with Crippen LogP contribution in [0.25, 0.3) is 0 Å². The Morgan fingerprint density at radius 1 is 1.26 bits per heavy atom. The van der Waals surface area contributed by atoms with E-state index < -0.39 is 0 Å². The van der Waals surface area contributed by atoms with Crippen LogP contribution < -0.4 is 11.1 Å². The highest BCUT2D eigenvalue weighted by atomic mass is 79.9. The fraction of sp³-hybridized carbons (Fsp3) is 0.200. The lowest BCUT2D eigenvalue weighted by molar-refractivity contribution is 0.625. The molecular weight excluding hydrogens is 307 g/mol. The molecular formula is C15H16BrFN2. The van der Waals surface area contributed by atoms with E-state index in [0.717, 1.165) is 39.9 Å². The molecule has 0 saturated heterocycles. The van der Waals surface area contributed by atoms with Gasteiger partial charge >= 0.3 is 0 Å². The summed E-state index contributed by atoms with van der Waals surface area (Å²) in [4.78, 5) is 0. The van der Waals surface area contributed by atoms with Crippen molar-refractivity contribution in [3.8, 4) is 0 Å². The minimum absolute atomic E-state index is 0.193. The number of aryl methyl sites for hydroxylation is 1. The standard InChI is InChI=1S/C15H16BrFN2/c1-10-7-15(13(16)9-14(10)18)19-6-5-11-3-2-4-12(17)8-11/h2-4,7-9,19H,5-6,18H2,1H3. The van der Waals surface area contributed by atoms with E-state index in [1.165, 1.54) is 6.07 Å². The topological polar surface area (TPSA) is 38.0 Å². The van der Waals surface area contributed by atoms with Crippen LogP contribution in [-0.4, -0.2) is 6.54 Å². The normalized spacial score (nSPS) is 10.5. The Balaban J connectivity index is 1.98. The van der Waals surface area contributed by atoms with Gasteiger partial charge in [0.25, 0.3) is 0 Å². The molecule has 2 aromatic rings. The Morgan fingerprint density at radius 3 is 2.79 bits per heavy atom. The number of nitrogen functional groups attached to an aromatic ring is 1. The summed E-state index contributed by atoms with van der Waals surface area (Å²) in [5, 5.41) is 3.32. The predicted molar refractivity (Wildman–Crippen MR) is 81.9 cm³/mol. The molecule has 0 aromatic heterocycles. The summed E-state index contributed by atoms with van der Waals surface area (Å²) in [7, 11) is 0. The number of anilines is 2. The van der Waals surface area contributed by atoms with Crippen molar-refractivity contribution >= 4 is 27.3 Å². The summed E-state index contributed by atoms with van der Waals surface area (Å²) in [5.74, 6) is -0.193. The molecule has 0 saturated carbocycles. The molecule has 3 N–H and O–H groups in total. The summed E-state index contributed by atoms with van der Waals surface area (Å²) < 4.78 is 14.0. The van der Waals surface area contributed by atoms with Gasteiger partial charge in [0.05, 0.1) is 0 Å². The summed E-state index contributed by atoms with van der Waals surface area (Å²) in [6.45, 7) is 2.71. The molecule has 0 heterocycles. The quantitative estimate of drug-likeness (QED) is 0.830. The number of rotatable bonds is 4. The fourth-order valence-electron chi connectivity index (χ4n) is 1.87. The van der Waals surface area contributed by atoms with Crippen LogP contribution in [0, 0.1) is 12.7 Å². The van der Waals surface area contributed by atoms with Crippen LogP contribution in [0.5, 0.6) is 0 Å². The molecule has 0 atom stereocenters. The molecule has 2 rings (SSSR count). The van der Waals surface area contributed by atoms with Gasteiger partial charge in [-0.3, -0.25) is 0 Å². The minimum Gasteiger partial charge on any atom is -0.398 e. The third kappa shape index (κ3) is 3.70. The first-order valence-corrected chi connectivity index (χ1v) is 6.89. The summed E-state index contributed by atoms with van der Waals surface area (Å²) >= 11 is 3.48. The molecule has 2 nitrogen and oxygen atoms in total. The highest BCUT2D eigenvalue weighted by Crippen LogP contribution is 2.27. The van der Waals surface area contributed by atoms with Crippen molar-refractivity contribution in [3.63, 3.8) is 0 Å². The van der Waals surface area contributed by atoms with Gasteiger partial charge in [-0.25, -0.2) is 4.39 Å². The maximum Gasteiger partial charge on any atom is 0.123 e. The van der Waals surface area contributed by atoms with Crippen molar-refractivity contribution in [1.29, 1.82) is 0 Å². The Bertz CT molecular complexity index is 584. The predicted octanol–water partition coefficient (Wildman–Crippen LogP) is 4.13. The van der Waals surface area contributed by atoms with E-state index in [0.29, 0.717) is 0 Å². The zero-order valence-corrected chi connectivity index (χ0v) is 12.3. The Kier molecular flexibility index (Phi) is 4.43. The number of hydrogen-bond acceptors (Lipinski definition) is 2. The lowest BCUT2D eigenvalue weighted by atomic mass is 10.1. The molecule has 0 unspecified atom stereocenters. The molecule has 0 bridgehead atoms. The third-order valence-corrected chi connectivity index (χ3v) is 3.63. The van der Waals surface area contributed by atoms with Crippen LogP contribution in [-0.2, 0) is 6.42 Å². The van der Waals surface area contributed by atoms with E-state index in [9.17, 15) is 4.39 Å². The van der Waals surface area contributed by atoms with Gasteiger partial charge in [0.15, 0.2) is 0 Å². The van der Waals surface area contributed by atoms with Crippen molar-refractivity contribution < 1.29 is 4.39 Å². The first-order chi connectivity index (χ1) is 9.06. The first kappa shape index (κ1) is 13.9. The monoisotopic (exact) mass is 322 g/mol. The number of nitrogens with one attached hydrogen (secondary N) is 1. The van der Waals surface area contributed by atoms with Crippen LogP contribution in [0.15, 0.2) is 40.9 Å². The number of halogens is 2. The second-order valence-electron chi connectivity index (χ2n) is 4.50. The number of hydrogen-bond donors (Lipinski definition) is 2. The lowest BCUT2D eigenvalue weighted by Gasteiger charge is -2.11. The van der Waals surface area contributed by atoms with Crippen molar-refractivity contribution in [2.45, 2.75) is 13.3 Å². The number of nitrogens with two attached hydrogens (primary N) is 1. The molecule has 2 aromatic carbocycles. The minimum atomic E-state index is -0.193. The molecule has 0 aliphatic carbocycles. The van der Waals surface area contributed by atoms with Gasteiger partial charge in [-0.15, -0.1) is 0 Å². The fourth-order valence-corrected chi connectivity index (χ4v) is 2.37. The maximum absolute atomic E-state index is 13.0. The zero-order chi connectivity index (χ0) is 13.8. The van der Waals surface area contributed by atoms with Gasteiger partial charge in [0, 0.05) is 22.4 Å². The first-order valence-electron chi connectivity index (χ1n) is 6.10. The van der Waals surface area contributed by atoms with Crippen LogP contribution in [0.4, 0.5) is 15.8 Å². The van der Waals surface area contributed by atoms with Gasteiger partial charge in [-0.05, 0) is 64.7 Å². The Morgan fingerprint density at radius 2 is 2.05 bits per heavy atom. The van der Waals surface area contributed by atoms with Gasteiger partial charge in [0.1, 0.15) is 5.82 Å². The van der Waals surface area contributed by atoms with Crippen LogP contribution in [0.3, 0.4) is 0 Å². The van der Waals surface area contributed by atoms with Crippen molar-refractivity contribution in [3.05, 3.63) is 57.8 Å². The van der Waals surface area contributed by atoms with E-state index >= 15 is 0 Å². The second kappa shape index (κ2) is 6.06. The van der Waals surface area contributed by atoms with E-state index in [2.05, 4.69) is 21.2 Å². The van der Waals surface area contributed by atoms with Crippen LogP contribution >= 0.6 is 15.9 Å². The Labute approximate surface area is 121 Å². The van der Waals surface area contributed by atoms with Crippen molar-refractivity contribution in [1.82, 2.24) is 0 Å². The average molecular weight is 323 g/mol. The average Bonchev–Trinajstić information content (AvgIpc) is 2.35. The molecule has 0 radical (unpaired) electrons. The molecule has 100 valence electrons. The second-order valence-corrected chi connectivity index (χ2v) is 5.35. The van der Waals surface area contributed by atoms with Gasteiger partial charge in [-0.1, -0.05) is 12.1 Å². The summed E-state index contributed by atoms with van der Waals surface area (Å²) in [5.41, 5.74) is 9.62. The van der Waals surface area contributed by atoms with E-state index in [1.54, 1.807) is 12.1 Å². The molecule has 19 heavy (non-hydrogen) atoms. The lowest BCUT2D eigenvalue weighted by Crippen LogP contribution is -2.06. The van der Waals surface area contributed by atoms with E-state index in [4.69, 9.17) is 5.73 Å². The van der Waals surface area contributed by atoms with Gasteiger partial charge in [-0.2, -0.15) is 0 Å². The third-order valence-electron chi connectivity index (χ3n) is 2.97. The van der Waals surface area contributed by atoms with E-state index in [1.807, 2.05) is 25.1 Å². The van der Waals surface area contributed by atoms with Crippen LogP contribution in [0.2, 0.25) is 0 Å². The Hall–Kier alpha value is -1.55. The summed E-state index contributed by atoms with van der Waals surface area (Å²) in [6, 6.07) is 10.6. The SMILES string of the molecule is Cc1cc(NCCc2cccc(F)c2)c(Br)cc1N. The highest BCUT2D eigenvalue weighted by Gasteiger charge is 2.03.